The van der Waals surface area contributed by atoms with Gasteiger partial charge in [0.2, 0.25) is 5.91 Å². The molecule has 5 nitrogen and oxygen atoms in total. The van der Waals surface area contributed by atoms with Gasteiger partial charge < -0.3 is 16.2 Å². The predicted octanol–water partition coefficient (Wildman–Crippen LogP) is 1.54. The average molecular weight is 248 g/mol. The van der Waals surface area contributed by atoms with Gasteiger partial charge >= 0.3 is 5.97 Å². The lowest BCUT2D eigenvalue weighted by atomic mass is 10.1. The third-order valence-corrected chi connectivity index (χ3v) is 2.50. The molecule has 0 heterocycles. The van der Waals surface area contributed by atoms with Gasteiger partial charge in [0.05, 0.1) is 11.6 Å². The van der Waals surface area contributed by atoms with Crippen molar-refractivity contribution < 1.29 is 14.7 Å². The smallest absolute Gasteiger partial charge is 0.335 e. The fourth-order valence-electron chi connectivity index (χ4n) is 1.40. The number of carbonyl (C=O) groups is 2. The molecule has 0 aliphatic rings. The van der Waals surface area contributed by atoms with Crippen LogP contribution in [0, 0.1) is 6.92 Å². The molecule has 0 bridgehead atoms. The van der Waals surface area contributed by atoms with E-state index in [-0.39, 0.29) is 11.5 Å². The Hall–Kier alpha value is -2.14. The van der Waals surface area contributed by atoms with Crippen LogP contribution in [0.4, 0.5) is 5.69 Å². The summed E-state index contributed by atoms with van der Waals surface area (Å²) in [4.78, 5) is 22.5. The summed E-state index contributed by atoms with van der Waals surface area (Å²) in [6.07, 6.45) is 1.92. The van der Waals surface area contributed by atoms with Crippen molar-refractivity contribution in [1.82, 2.24) is 0 Å². The SMILES string of the molecule is C=CCC(N)C(=O)Nc1cc(C(=O)O)ccc1C. The molecule has 0 aromatic heterocycles. The number of aromatic carboxylic acids is 1. The van der Waals surface area contributed by atoms with Gasteiger partial charge in [0.25, 0.3) is 0 Å². The number of amides is 1. The van der Waals surface area contributed by atoms with Gasteiger partial charge in [-0.05, 0) is 31.0 Å². The number of carboxylic acid groups (broad SMARTS) is 1. The first kappa shape index (κ1) is 13.9. The average Bonchev–Trinajstić information content (AvgIpc) is 2.31. The van der Waals surface area contributed by atoms with Gasteiger partial charge in [-0.25, -0.2) is 4.79 Å². The maximum Gasteiger partial charge on any atom is 0.335 e. The molecule has 5 heteroatoms. The van der Waals surface area contributed by atoms with Crippen molar-refractivity contribution in [2.75, 3.05) is 5.32 Å². The van der Waals surface area contributed by atoms with E-state index < -0.39 is 12.0 Å². The Labute approximate surface area is 105 Å². The van der Waals surface area contributed by atoms with Crippen LogP contribution < -0.4 is 11.1 Å². The van der Waals surface area contributed by atoms with Gasteiger partial charge in [0, 0.05) is 5.69 Å². The highest BCUT2D eigenvalue weighted by Gasteiger charge is 2.14. The van der Waals surface area contributed by atoms with Crippen LogP contribution in [0.25, 0.3) is 0 Å². The van der Waals surface area contributed by atoms with E-state index in [1.54, 1.807) is 19.1 Å². The summed E-state index contributed by atoms with van der Waals surface area (Å²) in [5.41, 5.74) is 6.98. The second kappa shape index (κ2) is 5.97. The minimum atomic E-state index is -1.04. The largest absolute Gasteiger partial charge is 0.478 e. The van der Waals surface area contributed by atoms with Crippen LogP contribution >= 0.6 is 0 Å². The van der Waals surface area contributed by atoms with Crippen molar-refractivity contribution in [3.8, 4) is 0 Å². The molecule has 0 fully saturated rings. The number of benzene rings is 1. The number of anilines is 1. The highest BCUT2D eigenvalue weighted by molar-refractivity contribution is 5.97. The molecule has 0 saturated carbocycles. The van der Waals surface area contributed by atoms with Crippen molar-refractivity contribution >= 4 is 17.6 Å². The third-order valence-electron chi connectivity index (χ3n) is 2.50. The van der Waals surface area contributed by atoms with Gasteiger partial charge in [-0.15, -0.1) is 6.58 Å². The summed E-state index contributed by atoms with van der Waals surface area (Å²) in [7, 11) is 0. The van der Waals surface area contributed by atoms with Crippen molar-refractivity contribution in [3.63, 3.8) is 0 Å². The Morgan fingerprint density at radius 2 is 2.22 bits per heavy atom. The van der Waals surface area contributed by atoms with Crippen LogP contribution in [0.3, 0.4) is 0 Å². The second-order valence-electron chi connectivity index (χ2n) is 3.95. The Bertz CT molecular complexity index is 483. The van der Waals surface area contributed by atoms with Gasteiger partial charge in [-0.1, -0.05) is 12.1 Å². The van der Waals surface area contributed by atoms with Crippen LogP contribution in [0.15, 0.2) is 30.9 Å². The molecule has 4 N–H and O–H groups in total. The summed E-state index contributed by atoms with van der Waals surface area (Å²) in [6, 6.07) is 3.85. The van der Waals surface area contributed by atoms with E-state index >= 15 is 0 Å². The molecule has 96 valence electrons. The Morgan fingerprint density at radius 1 is 1.56 bits per heavy atom. The molecule has 0 radical (unpaired) electrons. The number of carboxylic acids is 1. The molecule has 0 saturated heterocycles. The Kier molecular flexibility index (Phi) is 4.62. The summed E-state index contributed by atoms with van der Waals surface area (Å²) < 4.78 is 0. The van der Waals surface area contributed by atoms with Crippen molar-refractivity contribution in [1.29, 1.82) is 0 Å². The van der Waals surface area contributed by atoms with Gasteiger partial charge in [0.15, 0.2) is 0 Å². The number of carbonyl (C=O) groups excluding carboxylic acids is 1. The summed E-state index contributed by atoms with van der Waals surface area (Å²) in [5, 5.41) is 11.5. The fraction of sp³-hybridized carbons (Fsp3) is 0.231. The predicted molar refractivity (Wildman–Crippen MR) is 69.6 cm³/mol. The zero-order valence-electron chi connectivity index (χ0n) is 10.1. The molecule has 18 heavy (non-hydrogen) atoms. The van der Waals surface area contributed by atoms with Gasteiger partial charge in [-0.3, -0.25) is 4.79 Å². The maximum atomic E-state index is 11.7. The lowest BCUT2D eigenvalue weighted by molar-refractivity contribution is -0.117. The number of hydrogen-bond donors (Lipinski definition) is 3. The summed E-state index contributed by atoms with van der Waals surface area (Å²) in [6.45, 7) is 5.29. The monoisotopic (exact) mass is 248 g/mol. The lowest BCUT2D eigenvalue weighted by Crippen LogP contribution is -2.35. The van der Waals surface area contributed by atoms with Gasteiger partial charge in [-0.2, -0.15) is 0 Å². The van der Waals surface area contributed by atoms with Crippen molar-refractivity contribution in [2.24, 2.45) is 5.73 Å². The number of hydrogen-bond acceptors (Lipinski definition) is 3. The molecule has 0 spiro atoms. The first-order valence-corrected chi connectivity index (χ1v) is 5.47. The third kappa shape index (κ3) is 3.43. The molecule has 1 rings (SSSR count). The second-order valence-corrected chi connectivity index (χ2v) is 3.95. The van der Waals surface area contributed by atoms with E-state index in [0.717, 1.165) is 5.56 Å². The molecule has 1 aromatic rings. The number of nitrogens with one attached hydrogen (secondary N) is 1. The van der Waals surface area contributed by atoms with E-state index in [1.165, 1.54) is 12.1 Å². The van der Waals surface area contributed by atoms with E-state index in [0.29, 0.717) is 12.1 Å². The van der Waals surface area contributed by atoms with Crippen LogP contribution in [0.5, 0.6) is 0 Å². The first-order chi connectivity index (χ1) is 8.45. The summed E-state index contributed by atoms with van der Waals surface area (Å²) >= 11 is 0. The molecule has 1 atom stereocenters. The van der Waals surface area contributed by atoms with Gasteiger partial charge in [0.1, 0.15) is 0 Å². The molecular weight excluding hydrogens is 232 g/mol. The number of nitrogens with two attached hydrogens (primary N) is 1. The Morgan fingerprint density at radius 3 is 2.78 bits per heavy atom. The molecule has 0 aliphatic heterocycles. The zero-order chi connectivity index (χ0) is 13.7. The summed E-state index contributed by atoms with van der Waals surface area (Å²) in [5.74, 6) is -1.40. The molecule has 1 aromatic carbocycles. The molecule has 1 amide bonds. The minimum Gasteiger partial charge on any atom is -0.478 e. The molecular formula is C13H16N2O3. The minimum absolute atomic E-state index is 0.119. The van der Waals surface area contributed by atoms with Crippen molar-refractivity contribution in [2.45, 2.75) is 19.4 Å². The zero-order valence-corrected chi connectivity index (χ0v) is 10.1. The molecule has 0 aliphatic carbocycles. The fourth-order valence-corrected chi connectivity index (χ4v) is 1.40. The standard InChI is InChI=1S/C13H16N2O3/c1-3-4-10(14)12(16)15-11-7-9(13(17)18)6-5-8(11)2/h3,5-7,10H,1,4,14H2,2H3,(H,15,16)(H,17,18). The van der Waals surface area contributed by atoms with Crippen LogP contribution in [0.2, 0.25) is 0 Å². The first-order valence-electron chi connectivity index (χ1n) is 5.47. The van der Waals surface area contributed by atoms with E-state index in [2.05, 4.69) is 11.9 Å². The number of rotatable bonds is 5. The highest BCUT2D eigenvalue weighted by atomic mass is 16.4. The van der Waals surface area contributed by atoms with Crippen LogP contribution in [-0.4, -0.2) is 23.0 Å². The van der Waals surface area contributed by atoms with E-state index in [9.17, 15) is 9.59 Å². The van der Waals surface area contributed by atoms with Crippen LogP contribution in [-0.2, 0) is 4.79 Å². The quantitative estimate of drug-likeness (QED) is 0.689. The number of aryl methyl sites for hydroxylation is 1. The van der Waals surface area contributed by atoms with E-state index in [1.807, 2.05) is 0 Å². The van der Waals surface area contributed by atoms with Crippen LogP contribution in [0.1, 0.15) is 22.3 Å². The van der Waals surface area contributed by atoms with E-state index in [4.69, 9.17) is 10.8 Å². The molecule has 1 unspecified atom stereocenters. The Balaban J connectivity index is 2.89. The topological polar surface area (TPSA) is 92.4 Å². The lowest BCUT2D eigenvalue weighted by Gasteiger charge is -2.12. The normalized spacial score (nSPS) is 11.7. The highest BCUT2D eigenvalue weighted by Crippen LogP contribution is 2.17. The van der Waals surface area contributed by atoms with Crippen molar-refractivity contribution in [3.05, 3.63) is 42.0 Å². The maximum absolute atomic E-state index is 11.7.